The Bertz CT molecular complexity index is 724. The molecule has 120 valence electrons. The number of benzene rings is 1. The number of hydrogen-bond acceptors (Lipinski definition) is 3. The molecular formula is C18H20ClN3O. The van der Waals surface area contributed by atoms with Crippen LogP contribution >= 0.6 is 11.6 Å². The number of piperazine rings is 1. The zero-order chi connectivity index (χ0) is 16.4. The van der Waals surface area contributed by atoms with Gasteiger partial charge in [0, 0.05) is 38.1 Å². The monoisotopic (exact) mass is 329 g/mol. The average molecular weight is 330 g/mol. The minimum atomic E-state index is -0.0382. The van der Waals surface area contributed by atoms with Crippen molar-refractivity contribution in [1.29, 1.82) is 0 Å². The number of pyridine rings is 1. The van der Waals surface area contributed by atoms with Crippen LogP contribution in [0.1, 0.15) is 21.5 Å². The smallest absolute Gasteiger partial charge is 0.257 e. The molecule has 0 aliphatic carbocycles. The fraction of sp³-hybridized carbons (Fsp3) is 0.333. The topological polar surface area (TPSA) is 36.4 Å². The van der Waals surface area contributed by atoms with Gasteiger partial charge in [0.25, 0.3) is 5.91 Å². The summed E-state index contributed by atoms with van der Waals surface area (Å²) in [7, 11) is 0. The lowest BCUT2D eigenvalue weighted by molar-refractivity contribution is 0.0746. The number of aromatic nitrogens is 1. The summed E-state index contributed by atoms with van der Waals surface area (Å²) in [6.45, 7) is 7.32. The molecule has 0 saturated carbocycles. The molecule has 2 aromatic rings. The van der Waals surface area contributed by atoms with Crippen molar-refractivity contribution < 1.29 is 4.79 Å². The van der Waals surface area contributed by atoms with E-state index in [9.17, 15) is 4.79 Å². The maximum Gasteiger partial charge on any atom is 0.257 e. The summed E-state index contributed by atoms with van der Waals surface area (Å²) in [4.78, 5) is 20.8. The minimum Gasteiger partial charge on any atom is -0.368 e. The predicted molar refractivity (Wildman–Crippen MR) is 93.3 cm³/mol. The minimum absolute atomic E-state index is 0.0382. The zero-order valence-corrected chi connectivity index (χ0v) is 14.2. The summed E-state index contributed by atoms with van der Waals surface area (Å²) in [6.07, 6.45) is 1.59. The van der Waals surface area contributed by atoms with E-state index >= 15 is 0 Å². The van der Waals surface area contributed by atoms with Crippen LogP contribution in [-0.2, 0) is 0 Å². The molecule has 3 rings (SSSR count). The highest BCUT2D eigenvalue weighted by molar-refractivity contribution is 6.32. The average Bonchev–Trinajstić information content (AvgIpc) is 2.57. The van der Waals surface area contributed by atoms with Gasteiger partial charge in [-0.2, -0.15) is 0 Å². The summed E-state index contributed by atoms with van der Waals surface area (Å²) in [5, 5.41) is 0.273. The fourth-order valence-electron chi connectivity index (χ4n) is 2.94. The molecule has 0 spiro atoms. The number of halogens is 1. The molecule has 0 radical (unpaired) electrons. The van der Waals surface area contributed by atoms with Gasteiger partial charge in [-0.15, -0.1) is 0 Å². The Balaban J connectivity index is 1.70. The standard InChI is InChI=1S/C18H20ClN3O/c1-13-5-3-7-16(14(13)2)21-9-11-22(12-10-21)18(23)15-6-4-8-20-17(15)19/h3-8H,9-12H2,1-2H3. The molecule has 1 aliphatic heterocycles. The Morgan fingerprint density at radius 2 is 1.83 bits per heavy atom. The molecule has 0 unspecified atom stereocenters. The summed E-state index contributed by atoms with van der Waals surface area (Å²) in [6, 6.07) is 9.84. The maximum atomic E-state index is 12.6. The highest BCUT2D eigenvalue weighted by Gasteiger charge is 2.24. The summed E-state index contributed by atoms with van der Waals surface area (Å²) < 4.78 is 0. The van der Waals surface area contributed by atoms with Crippen LogP contribution in [0.3, 0.4) is 0 Å². The second kappa shape index (κ2) is 6.59. The maximum absolute atomic E-state index is 12.6. The lowest BCUT2D eigenvalue weighted by Crippen LogP contribution is -2.49. The molecule has 1 saturated heterocycles. The number of nitrogens with zero attached hydrogens (tertiary/aromatic N) is 3. The van der Waals surface area contributed by atoms with Crippen molar-refractivity contribution in [3.63, 3.8) is 0 Å². The van der Waals surface area contributed by atoms with Crippen LogP contribution in [0.5, 0.6) is 0 Å². The van der Waals surface area contributed by atoms with Crippen LogP contribution in [-0.4, -0.2) is 42.0 Å². The number of amides is 1. The number of hydrogen-bond donors (Lipinski definition) is 0. The van der Waals surface area contributed by atoms with E-state index in [0.29, 0.717) is 18.7 Å². The first-order chi connectivity index (χ1) is 11.1. The van der Waals surface area contributed by atoms with Gasteiger partial charge in [-0.05, 0) is 43.2 Å². The Labute approximate surface area is 141 Å². The van der Waals surface area contributed by atoms with E-state index in [4.69, 9.17) is 11.6 Å². The lowest BCUT2D eigenvalue weighted by Gasteiger charge is -2.37. The van der Waals surface area contributed by atoms with Gasteiger partial charge >= 0.3 is 0 Å². The quantitative estimate of drug-likeness (QED) is 0.793. The Kier molecular flexibility index (Phi) is 4.53. The van der Waals surface area contributed by atoms with Gasteiger partial charge < -0.3 is 9.80 Å². The second-order valence-corrected chi connectivity index (χ2v) is 6.20. The third kappa shape index (κ3) is 3.17. The first-order valence-electron chi connectivity index (χ1n) is 7.79. The SMILES string of the molecule is Cc1cccc(N2CCN(C(=O)c3cccnc3Cl)CC2)c1C. The summed E-state index contributed by atoms with van der Waals surface area (Å²) in [5.41, 5.74) is 4.34. The summed E-state index contributed by atoms with van der Waals surface area (Å²) >= 11 is 6.03. The van der Waals surface area contributed by atoms with Crippen molar-refractivity contribution in [1.82, 2.24) is 9.88 Å². The van der Waals surface area contributed by atoms with E-state index in [1.807, 2.05) is 4.90 Å². The number of aryl methyl sites for hydroxylation is 1. The van der Waals surface area contributed by atoms with Gasteiger partial charge in [-0.25, -0.2) is 4.98 Å². The van der Waals surface area contributed by atoms with Crippen LogP contribution in [0, 0.1) is 13.8 Å². The Hall–Kier alpha value is -2.07. The van der Waals surface area contributed by atoms with Crippen molar-refractivity contribution in [3.05, 3.63) is 58.4 Å². The number of carbonyl (C=O) groups is 1. The van der Waals surface area contributed by atoms with Gasteiger partial charge in [0.15, 0.2) is 0 Å². The molecule has 1 aromatic carbocycles. The third-order valence-electron chi connectivity index (χ3n) is 4.47. The third-order valence-corrected chi connectivity index (χ3v) is 4.77. The molecule has 5 heteroatoms. The second-order valence-electron chi connectivity index (χ2n) is 5.84. The predicted octanol–water partition coefficient (Wildman–Crippen LogP) is 3.31. The first-order valence-corrected chi connectivity index (χ1v) is 8.16. The fourth-order valence-corrected chi connectivity index (χ4v) is 3.14. The Morgan fingerprint density at radius 1 is 1.09 bits per heavy atom. The number of rotatable bonds is 2. The molecule has 4 nitrogen and oxygen atoms in total. The molecule has 0 atom stereocenters. The molecule has 23 heavy (non-hydrogen) atoms. The van der Waals surface area contributed by atoms with Crippen LogP contribution in [0.25, 0.3) is 0 Å². The largest absolute Gasteiger partial charge is 0.368 e. The molecule has 0 bridgehead atoms. The van der Waals surface area contributed by atoms with Crippen LogP contribution < -0.4 is 4.90 Å². The molecule has 1 fully saturated rings. The van der Waals surface area contributed by atoms with E-state index in [1.165, 1.54) is 16.8 Å². The number of anilines is 1. The van der Waals surface area contributed by atoms with Crippen molar-refractivity contribution in [3.8, 4) is 0 Å². The molecule has 1 aliphatic rings. The van der Waals surface area contributed by atoms with Crippen LogP contribution in [0.15, 0.2) is 36.5 Å². The van der Waals surface area contributed by atoms with Crippen molar-refractivity contribution in [2.45, 2.75) is 13.8 Å². The van der Waals surface area contributed by atoms with E-state index in [0.717, 1.165) is 13.1 Å². The van der Waals surface area contributed by atoms with Crippen molar-refractivity contribution in [2.24, 2.45) is 0 Å². The molecule has 1 aromatic heterocycles. The van der Waals surface area contributed by atoms with Crippen molar-refractivity contribution >= 4 is 23.2 Å². The van der Waals surface area contributed by atoms with Gasteiger partial charge in [-0.3, -0.25) is 4.79 Å². The van der Waals surface area contributed by atoms with E-state index < -0.39 is 0 Å². The first kappa shape index (κ1) is 15.8. The van der Waals surface area contributed by atoms with Crippen LogP contribution in [0.4, 0.5) is 5.69 Å². The molecule has 2 heterocycles. The van der Waals surface area contributed by atoms with E-state index in [-0.39, 0.29) is 11.1 Å². The summed E-state index contributed by atoms with van der Waals surface area (Å²) in [5.74, 6) is -0.0382. The molecule has 1 amide bonds. The highest BCUT2D eigenvalue weighted by Crippen LogP contribution is 2.24. The Morgan fingerprint density at radius 3 is 2.52 bits per heavy atom. The van der Waals surface area contributed by atoms with E-state index in [1.54, 1.807) is 18.3 Å². The van der Waals surface area contributed by atoms with Gasteiger partial charge in [0.1, 0.15) is 5.15 Å². The van der Waals surface area contributed by atoms with Crippen LogP contribution in [0.2, 0.25) is 5.15 Å². The van der Waals surface area contributed by atoms with E-state index in [2.05, 4.69) is 41.9 Å². The van der Waals surface area contributed by atoms with Gasteiger partial charge in [-0.1, -0.05) is 23.7 Å². The van der Waals surface area contributed by atoms with Crippen molar-refractivity contribution in [2.75, 3.05) is 31.1 Å². The highest BCUT2D eigenvalue weighted by atomic mass is 35.5. The zero-order valence-electron chi connectivity index (χ0n) is 13.4. The molecule has 0 N–H and O–H groups in total. The van der Waals surface area contributed by atoms with Gasteiger partial charge in [0.2, 0.25) is 0 Å². The van der Waals surface area contributed by atoms with Gasteiger partial charge in [0.05, 0.1) is 5.56 Å². The number of carbonyl (C=O) groups excluding carboxylic acids is 1. The lowest BCUT2D eigenvalue weighted by atomic mass is 10.1. The molecular weight excluding hydrogens is 310 g/mol. The normalized spacial score (nSPS) is 14.9.